The molecule has 4 heteroatoms. The molecule has 9 saturated carbocycles. The summed E-state index contributed by atoms with van der Waals surface area (Å²) in [5.74, 6) is 0. The fourth-order valence-corrected chi connectivity index (χ4v) is 29.1. The molecule has 0 aromatic carbocycles. The molecule has 58 heavy (non-hydrogen) atoms. The van der Waals surface area contributed by atoms with Crippen LogP contribution in [0.25, 0.3) is 0 Å². The molecular weight excluding hydrogens is 925 g/mol. The summed E-state index contributed by atoms with van der Waals surface area (Å²) < 4.78 is 0. The first kappa shape index (κ1) is 49.4. The van der Waals surface area contributed by atoms with Crippen LogP contribution in [-0.4, -0.2) is 50.9 Å². The van der Waals surface area contributed by atoms with Crippen LogP contribution < -0.4 is 0 Å². The minimum atomic E-state index is 0. The van der Waals surface area contributed by atoms with Crippen molar-refractivity contribution in [2.24, 2.45) is 0 Å². The Hall–Kier alpha value is 1.98. The zero-order valence-corrected chi connectivity index (χ0v) is 44.4. The summed E-state index contributed by atoms with van der Waals surface area (Å²) in [4.78, 5) is 0. The van der Waals surface area contributed by atoms with Gasteiger partial charge in [0.2, 0.25) is 0 Å². The molecule has 336 valence electrons. The Morgan fingerprint density at radius 2 is 0.224 bits per heavy atom. The molecule has 0 radical (unpaired) electrons. The monoisotopic (exact) mass is 1020 g/mol. The summed E-state index contributed by atoms with van der Waals surface area (Å²) in [6, 6.07) is 0. The van der Waals surface area contributed by atoms with Crippen molar-refractivity contribution in [3.05, 3.63) is 0 Å². The molecule has 9 fully saturated rings. The van der Waals surface area contributed by atoms with Crippen LogP contribution in [0.1, 0.15) is 289 Å². The summed E-state index contributed by atoms with van der Waals surface area (Å²) in [5, 5.41) is 0. The second-order valence-corrected chi connectivity index (χ2v) is 31.2. The zero-order chi connectivity index (χ0) is 38.7. The molecule has 9 aliphatic rings. The van der Waals surface area contributed by atoms with E-state index in [4.69, 9.17) is 0 Å². The van der Waals surface area contributed by atoms with Gasteiger partial charge in [-0.15, -0.1) is 0 Å². The van der Waals surface area contributed by atoms with E-state index in [0.717, 1.165) is 0 Å². The predicted octanol–water partition coefficient (Wildman–Crippen LogP) is 19.4. The standard InChI is InChI=1S/3C18H33P.W/c3*1-4-10-16(11-5-1)19(17-12-6-2-7-13-17)18-14-8-3-9-15-18;/h3*16-18H,1-15H2;. The summed E-state index contributed by atoms with van der Waals surface area (Å²) in [7, 11) is 1.15. The van der Waals surface area contributed by atoms with E-state index in [2.05, 4.69) is 0 Å². The molecule has 9 rings (SSSR count). The third-order valence-electron chi connectivity index (χ3n) is 18.0. The van der Waals surface area contributed by atoms with Crippen LogP contribution in [-0.2, 0) is 21.1 Å². The molecule has 0 unspecified atom stereocenters. The van der Waals surface area contributed by atoms with Crippen LogP contribution in [0.15, 0.2) is 0 Å². The van der Waals surface area contributed by atoms with Gasteiger partial charge < -0.3 is 0 Å². The summed E-state index contributed by atoms with van der Waals surface area (Å²) in [6.07, 6.45) is 70.9. The van der Waals surface area contributed by atoms with Gasteiger partial charge in [0, 0.05) is 21.1 Å². The molecule has 0 amide bonds. The third kappa shape index (κ3) is 15.6. The minimum Gasteiger partial charge on any atom is -0.0971 e. The first-order chi connectivity index (χ1) is 28.3. The minimum absolute atomic E-state index is 0. The van der Waals surface area contributed by atoms with E-state index in [1.54, 1.807) is 231 Å². The Kier molecular flexibility index (Phi) is 24.5. The van der Waals surface area contributed by atoms with Crippen LogP contribution in [0.3, 0.4) is 0 Å². The van der Waals surface area contributed by atoms with Gasteiger partial charge in [0.1, 0.15) is 0 Å². The number of rotatable bonds is 9. The molecule has 0 aromatic rings. The molecule has 0 aliphatic heterocycles. The maximum absolute atomic E-state index is 1.61. The van der Waals surface area contributed by atoms with Gasteiger partial charge in [-0.05, 0) is 167 Å². The predicted molar refractivity (Wildman–Crippen MR) is 263 cm³/mol. The smallest absolute Gasteiger partial charge is 0 e. The van der Waals surface area contributed by atoms with E-state index in [0.29, 0.717) is 23.8 Å². The van der Waals surface area contributed by atoms with Crippen molar-refractivity contribution in [3.8, 4) is 0 Å². The molecule has 9 aliphatic carbocycles. The average molecular weight is 1030 g/mol. The van der Waals surface area contributed by atoms with Crippen molar-refractivity contribution < 1.29 is 21.1 Å². The Morgan fingerprint density at radius 3 is 0.310 bits per heavy atom. The average Bonchev–Trinajstić information content (AvgIpc) is 3.30. The van der Waals surface area contributed by atoms with Gasteiger partial charge in [-0.3, -0.25) is 0 Å². The van der Waals surface area contributed by atoms with Gasteiger partial charge in [0.25, 0.3) is 0 Å². The summed E-state index contributed by atoms with van der Waals surface area (Å²) >= 11 is 0. The molecule has 0 spiro atoms. The van der Waals surface area contributed by atoms with Gasteiger partial charge in [-0.1, -0.05) is 197 Å². The normalized spacial score (nSPS) is 28.4. The molecule has 0 atom stereocenters. The zero-order valence-electron chi connectivity index (χ0n) is 38.8. The Labute approximate surface area is 382 Å². The second kappa shape index (κ2) is 28.8. The van der Waals surface area contributed by atoms with Gasteiger partial charge in [0.15, 0.2) is 0 Å². The van der Waals surface area contributed by atoms with Crippen LogP contribution in [0, 0.1) is 0 Å². The van der Waals surface area contributed by atoms with Crippen molar-refractivity contribution in [2.75, 3.05) is 0 Å². The van der Waals surface area contributed by atoms with Gasteiger partial charge in [0.05, 0.1) is 0 Å². The number of hydrogen-bond acceptors (Lipinski definition) is 0. The van der Waals surface area contributed by atoms with E-state index in [9.17, 15) is 0 Å². The number of hydrogen-bond donors (Lipinski definition) is 0. The fourth-order valence-electron chi connectivity index (χ4n) is 15.1. The van der Waals surface area contributed by atoms with Crippen LogP contribution in [0.2, 0.25) is 0 Å². The van der Waals surface area contributed by atoms with Crippen LogP contribution >= 0.6 is 23.8 Å². The quantitative estimate of drug-likeness (QED) is 0.202. The maximum Gasteiger partial charge on any atom is 0 e. The molecule has 0 saturated heterocycles. The van der Waals surface area contributed by atoms with Crippen molar-refractivity contribution in [3.63, 3.8) is 0 Å². The van der Waals surface area contributed by atoms with E-state index in [1.807, 2.05) is 0 Å². The van der Waals surface area contributed by atoms with Crippen molar-refractivity contribution in [1.29, 1.82) is 0 Å². The van der Waals surface area contributed by atoms with Crippen molar-refractivity contribution in [2.45, 2.75) is 340 Å². The maximum atomic E-state index is 1.61. The van der Waals surface area contributed by atoms with Crippen molar-refractivity contribution >= 4 is 23.8 Å². The van der Waals surface area contributed by atoms with E-state index in [1.165, 1.54) is 109 Å². The first-order valence-corrected chi connectivity index (χ1v) is 32.3. The van der Waals surface area contributed by atoms with Gasteiger partial charge in [-0.25, -0.2) is 0 Å². The fraction of sp³-hybridized carbons (Fsp3) is 1.00. The summed E-state index contributed by atoms with van der Waals surface area (Å²) in [6.45, 7) is 0. The van der Waals surface area contributed by atoms with Crippen molar-refractivity contribution in [1.82, 2.24) is 0 Å². The Morgan fingerprint density at radius 1 is 0.138 bits per heavy atom. The molecule has 0 N–H and O–H groups in total. The Bertz CT molecular complexity index is 741. The van der Waals surface area contributed by atoms with Gasteiger partial charge >= 0.3 is 0 Å². The molecule has 0 bridgehead atoms. The SMILES string of the molecule is C1CCC(P(C2CCCCC2)C2CCCCC2)CC1.C1CCC(P(C2CCCCC2)C2CCCCC2)CC1.C1CCC(P(C2CCCCC2)C2CCCCC2)CC1.[W]. The van der Waals surface area contributed by atoms with E-state index >= 15 is 0 Å². The van der Waals surface area contributed by atoms with E-state index < -0.39 is 0 Å². The third-order valence-corrected chi connectivity index (χ3v) is 30.2. The van der Waals surface area contributed by atoms with Crippen LogP contribution in [0.5, 0.6) is 0 Å². The molecule has 0 heterocycles. The molecule has 0 aromatic heterocycles. The van der Waals surface area contributed by atoms with Crippen LogP contribution in [0.4, 0.5) is 0 Å². The topological polar surface area (TPSA) is 0 Å². The second-order valence-electron chi connectivity index (χ2n) is 22.0. The largest absolute Gasteiger partial charge is 0.0971 e. The van der Waals surface area contributed by atoms with E-state index in [-0.39, 0.29) is 21.1 Å². The Balaban J connectivity index is 0.000000145. The summed E-state index contributed by atoms with van der Waals surface area (Å²) in [5.41, 5.74) is 10.7. The molecule has 0 nitrogen and oxygen atoms in total. The van der Waals surface area contributed by atoms with Gasteiger partial charge in [-0.2, -0.15) is 0 Å². The first-order valence-electron chi connectivity index (χ1n) is 27.7. The molecular formula is C54H99P3W.